The molecule has 0 aliphatic heterocycles. The van der Waals surface area contributed by atoms with Crippen LogP contribution in [-0.4, -0.2) is 19.6 Å². The molecule has 0 unspecified atom stereocenters. The van der Waals surface area contributed by atoms with Gasteiger partial charge in [-0.05, 0) is 24.3 Å². The van der Waals surface area contributed by atoms with Crippen LogP contribution < -0.4 is 5.73 Å². The molecule has 0 saturated carbocycles. The topological polar surface area (TPSA) is 69.1 Å². The third-order valence-electron chi connectivity index (χ3n) is 2.31. The van der Waals surface area contributed by atoms with Gasteiger partial charge in [0.25, 0.3) is 0 Å². The van der Waals surface area contributed by atoms with Gasteiger partial charge in [-0.1, -0.05) is 6.07 Å². The van der Waals surface area contributed by atoms with E-state index in [4.69, 9.17) is 5.73 Å². The van der Waals surface area contributed by atoms with Crippen LogP contribution in [0.1, 0.15) is 0 Å². The zero-order valence-electron chi connectivity index (χ0n) is 8.41. The molecule has 78 valence electrons. The molecular weight excluding hydrogens is 202 g/mol. The first kappa shape index (κ1) is 8.84. The Kier molecular flexibility index (Phi) is 1.83. The third kappa shape index (κ3) is 1.38. The Morgan fingerprint density at radius 2 is 2.06 bits per heavy atom. The molecule has 0 aliphatic rings. The van der Waals surface area contributed by atoms with Crippen molar-refractivity contribution in [1.82, 2.24) is 19.6 Å². The summed E-state index contributed by atoms with van der Waals surface area (Å²) in [6.07, 6.45) is 3.52. The minimum Gasteiger partial charge on any atom is -0.368 e. The largest absolute Gasteiger partial charge is 0.368 e. The van der Waals surface area contributed by atoms with Crippen molar-refractivity contribution in [2.24, 2.45) is 0 Å². The lowest BCUT2D eigenvalue weighted by molar-refractivity contribution is 0.961. The molecule has 3 aromatic heterocycles. The van der Waals surface area contributed by atoms with Crippen LogP contribution in [0.2, 0.25) is 0 Å². The van der Waals surface area contributed by atoms with E-state index in [2.05, 4.69) is 15.1 Å². The molecule has 0 saturated heterocycles. The highest BCUT2D eigenvalue weighted by atomic mass is 15.2. The van der Waals surface area contributed by atoms with Crippen LogP contribution in [0.4, 0.5) is 5.95 Å². The van der Waals surface area contributed by atoms with Gasteiger partial charge in [-0.2, -0.15) is 5.10 Å². The van der Waals surface area contributed by atoms with Crippen LogP contribution in [0.25, 0.3) is 16.9 Å². The standard InChI is InChI=1S/C11H9N5/c12-11-13-5-4-9(14-11)10-7-8-3-1-2-6-16(8)15-10/h1-7H,(H2,12,13,14). The molecule has 3 aromatic rings. The molecule has 0 amide bonds. The normalized spacial score (nSPS) is 10.8. The zero-order chi connectivity index (χ0) is 11.0. The highest BCUT2D eigenvalue weighted by Crippen LogP contribution is 2.17. The molecule has 0 aromatic carbocycles. The summed E-state index contributed by atoms with van der Waals surface area (Å²) in [7, 11) is 0. The fourth-order valence-corrected chi connectivity index (χ4v) is 1.58. The van der Waals surface area contributed by atoms with Crippen molar-refractivity contribution in [3.63, 3.8) is 0 Å². The first-order valence-corrected chi connectivity index (χ1v) is 4.86. The molecule has 0 fully saturated rings. The average molecular weight is 211 g/mol. The summed E-state index contributed by atoms with van der Waals surface area (Å²) in [4.78, 5) is 7.98. The molecule has 2 N–H and O–H groups in total. The van der Waals surface area contributed by atoms with Crippen molar-refractivity contribution >= 4 is 11.5 Å². The Labute approximate surface area is 91.6 Å². The van der Waals surface area contributed by atoms with Gasteiger partial charge in [0.1, 0.15) is 5.69 Å². The maximum Gasteiger partial charge on any atom is 0.220 e. The first-order valence-electron chi connectivity index (χ1n) is 4.86. The van der Waals surface area contributed by atoms with Crippen molar-refractivity contribution in [2.75, 3.05) is 5.73 Å². The summed E-state index contributed by atoms with van der Waals surface area (Å²) in [5, 5.41) is 4.39. The van der Waals surface area contributed by atoms with E-state index < -0.39 is 0 Å². The highest BCUT2D eigenvalue weighted by molar-refractivity contribution is 5.63. The summed E-state index contributed by atoms with van der Waals surface area (Å²) in [5.74, 6) is 0.259. The fourth-order valence-electron chi connectivity index (χ4n) is 1.58. The van der Waals surface area contributed by atoms with E-state index in [9.17, 15) is 0 Å². The minimum atomic E-state index is 0.259. The van der Waals surface area contributed by atoms with Gasteiger partial charge in [0.05, 0.1) is 11.2 Å². The fraction of sp³-hybridized carbons (Fsp3) is 0. The summed E-state index contributed by atoms with van der Waals surface area (Å²) >= 11 is 0. The van der Waals surface area contributed by atoms with Crippen LogP contribution in [0.3, 0.4) is 0 Å². The Hall–Kier alpha value is -2.43. The smallest absolute Gasteiger partial charge is 0.220 e. The van der Waals surface area contributed by atoms with Crippen LogP contribution in [-0.2, 0) is 0 Å². The SMILES string of the molecule is Nc1nccc(-c2cc3ccccn3n2)n1. The van der Waals surface area contributed by atoms with Gasteiger partial charge in [0.15, 0.2) is 0 Å². The lowest BCUT2D eigenvalue weighted by Crippen LogP contribution is -1.95. The molecule has 5 heteroatoms. The predicted molar refractivity (Wildman–Crippen MR) is 60.6 cm³/mol. The van der Waals surface area contributed by atoms with Crippen molar-refractivity contribution in [3.8, 4) is 11.4 Å². The van der Waals surface area contributed by atoms with Gasteiger partial charge in [-0.15, -0.1) is 0 Å². The summed E-state index contributed by atoms with van der Waals surface area (Å²) in [6.45, 7) is 0. The van der Waals surface area contributed by atoms with E-state index in [0.29, 0.717) is 0 Å². The summed E-state index contributed by atoms with van der Waals surface area (Å²) in [6, 6.07) is 9.63. The number of nitrogens with zero attached hydrogens (tertiary/aromatic N) is 4. The quantitative estimate of drug-likeness (QED) is 0.660. The van der Waals surface area contributed by atoms with Crippen molar-refractivity contribution in [2.45, 2.75) is 0 Å². The zero-order valence-corrected chi connectivity index (χ0v) is 8.41. The highest BCUT2D eigenvalue weighted by Gasteiger charge is 2.05. The van der Waals surface area contributed by atoms with Gasteiger partial charge < -0.3 is 5.73 Å². The van der Waals surface area contributed by atoms with E-state index in [0.717, 1.165) is 16.9 Å². The number of nitrogen functional groups attached to an aromatic ring is 1. The second kappa shape index (κ2) is 3.30. The monoisotopic (exact) mass is 211 g/mol. The van der Waals surface area contributed by atoms with Gasteiger partial charge in [0, 0.05) is 12.4 Å². The molecule has 0 spiro atoms. The van der Waals surface area contributed by atoms with Gasteiger partial charge >= 0.3 is 0 Å². The van der Waals surface area contributed by atoms with Crippen molar-refractivity contribution in [3.05, 3.63) is 42.7 Å². The van der Waals surface area contributed by atoms with Crippen LogP contribution in [0, 0.1) is 0 Å². The number of fused-ring (bicyclic) bond motifs is 1. The van der Waals surface area contributed by atoms with Crippen molar-refractivity contribution in [1.29, 1.82) is 0 Å². The number of anilines is 1. The second-order valence-corrected chi connectivity index (χ2v) is 3.40. The molecular formula is C11H9N5. The molecule has 3 rings (SSSR count). The van der Waals surface area contributed by atoms with E-state index in [1.165, 1.54) is 0 Å². The average Bonchev–Trinajstić information content (AvgIpc) is 2.72. The summed E-state index contributed by atoms with van der Waals surface area (Å²) in [5.41, 5.74) is 8.08. The number of hydrogen-bond donors (Lipinski definition) is 1. The Morgan fingerprint density at radius 1 is 1.12 bits per heavy atom. The maximum atomic E-state index is 5.53. The number of nitrogens with two attached hydrogens (primary N) is 1. The molecule has 0 radical (unpaired) electrons. The first-order chi connectivity index (χ1) is 7.83. The van der Waals surface area contributed by atoms with Gasteiger partial charge in [-0.3, -0.25) is 0 Å². The number of pyridine rings is 1. The minimum absolute atomic E-state index is 0.259. The number of rotatable bonds is 1. The number of hydrogen-bond acceptors (Lipinski definition) is 4. The number of aromatic nitrogens is 4. The van der Waals surface area contributed by atoms with Gasteiger partial charge in [0.2, 0.25) is 5.95 Å². The van der Waals surface area contributed by atoms with Crippen molar-refractivity contribution < 1.29 is 0 Å². The predicted octanol–water partition coefficient (Wildman–Crippen LogP) is 1.37. The summed E-state index contributed by atoms with van der Waals surface area (Å²) < 4.78 is 1.80. The van der Waals surface area contributed by atoms with E-state index >= 15 is 0 Å². The van der Waals surface area contributed by atoms with E-state index in [1.54, 1.807) is 16.8 Å². The third-order valence-corrected chi connectivity index (χ3v) is 2.31. The maximum absolute atomic E-state index is 5.53. The van der Waals surface area contributed by atoms with Crippen LogP contribution in [0.5, 0.6) is 0 Å². The molecule has 16 heavy (non-hydrogen) atoms. The van der Waals surface area contributed by atoms with E-state index in [-0.39, 0.29) is 5.95 Å². The lowest BCUT2D eigenvalue weighted by atomic mass is 10.3. The Balaban J connectivity index is 2.19. The molecule has 0 bridgehead atoms. The van der Waals surface area contributed by atoms with Crippen LogP contribution in [0.15, 0.2) is 42.7 Å². The molecule has 0 atom stereocenters. The Bertz CT molecular complexity index is 610. The second-order valence-electron chi connectivity index (χ2n) is 3.40. The molecule has 5 nitrogen and oxygen atoms in total. The lowest BCUT2D eigenvalue weighted by Gasteiger charge is -1.95. The molecule has 0 aliphatic carbocycles. The Morgan fingerprint density at radius 3 is 2.88 bits per heavy atom. The van der Waals surface area contributed by atoms with E-state index in [1.807, 2.05) is 30.5 Å². The molecule has 3 heterocycles. The van der Waals surface area contributed by atoms with Crippen LogP contribution >= 0.6 is 0 Å². The van der Waals surface area contributed by atoms with Gasteiger partial charge in [-0.25, -0.2) is 14.5 Å².